The summed E-state index contributed by atoms with van der Waals surface area (Å²) < 4.78 is 0. The molecule has 0 aliphatic rings. The first-order valence-corrected chi connectivity index (χ1v) is 5.02. The van der Waals surface area contributed by atoms with Crippen LogP contribution in [-0.2, 0) is 0 Å². The van der Waals surface area contributed by atoms with Crippen molar-refractivity contribution in [2.45, 2.75) is 19.4 Å². The van der Waals surface area contributed by atoms with Gasteiger partial charge in [0.1, 0.15) is 0 Å². The molecule has 0 bridgehead atoms. The second kappa shape index (κ2) is 6.00. The van der Waals surface area contributed by atoms with Crippen molar-refractivity contribution in [1.29, 1.82) is 5.26 Å². The monoisotopic (exact) mass is 201 g/mol. The second-order valence-corrected chi connectivity index (χ2v) is 3.56. The molecule has 0 aliphatic heterocycles. The standard InChI is InChI=1S/C13H15NO/c1-11(13(15)9-10-14)7-8-12-5-3-2-4-6-12/h2-8,11,13,15H,9H2,1H3/b8-7+/t11-,13+/m1/s1. The molecule has 0 aromatic heterocycles. The number of rotatable bonds is 4. The highest BCUT2D eigenvalue weighted by Gasteiger charge is 2.09. The molecule has 0 radical (unpaired) electrons. The molecule has 0 saturated heterocycles. The van der Waals surface area contributed by atoms with Gasteiger partial charge in [0.15, 0.2) is 0 Å². The Morgan fingerprint density at radius 2 is 2.07 bits per heavy atom. The van der Waals surface area contributed by atoms with E-state index in [1.807, 2.05) is 55.5 Å². The molecule has 0 heterocycles. The van der Waals surface area contributed by atoms with E-state index in [-0.39, 0.29) is 12.3 Å². The summed E-state index contributed by atoms with van der Waals surface area (Å²) in [6.45, 7) is 1.90. The van der Waals surface area contributed by atoms with Gasteiger partial charge in [0.05, 0.1) is 18.6 Å². The van der Waals surface area contributed by atoms with Crippen molar-refractivity contribution in [3.05, 3.63) is 42.0 Å². The van der Waals surface area contributed by atoms with Crippen molar-refractivity contribution in [2.75, 3.05) is 0 Å². The molecular weight excluding hydrogens is 186 g/mol. The van der Waals surface area contributed by atoms with E-state index < -0.39 is 6.10 Å². The fourth-order valence-corrected chi connectivity index (χ4v) is 1.23. The maximum atomic E-state index is 9.52. The van der Waals surface area contributed by atoms with Gasteiger partial charge in [-0.15, -0.1) is 0 Å². The van der Waals surface area contributed by atoms with Gasteiger partial charge in [-0.2, -0.15) is 5.26 Å². The summed E-state index contributed by atoms with van der Waals surface area (Å²) in [4.78, 5) is 0. The van der Waals surface area contributed by atoms with E-state index in [4.69, 9.17) is 5.26 Å². The van der Waals surface area contributed by atoms with Crippen LogP contribution in [0.4, 0.5) is 0 Å². The third-order valence-electron chi connectivity index (χ3n) is 2.30. The van der Waals surface area contributed by atoms with Crippen LogP contribution in [0, 0.1) is 17.2 Å². The van der Waals surface area contributed by atoms with Gasteiger partial charge in [-0.1, -0.05) is 49.4 Å². The van der Waals surface area contributed by atoms with Crippen LogP contribution in [0.15, 0.2) is 36.4 Å². The third-order valence-corrected chi connectivity index (χ3v) is 2.30. The van der Waals surface area contributed by atoms with Gasteiger partial charge in [-0.25, -0.2) is 0 Å². The first-order chi connectivity index (χ1) is 7.24. The van der Waals surface area contributed by atoms with Crippen LogP contribution in [0.2, 0.25) is 0 Å². The van der Waals surface area contributed by atoms with Crippen LogP contribution < -0.4 is 0 Å². The Kier molecular flexibility index (Phi) is 4.59. The summed E-state index contributed by atoms with van der Waals surface area (Å²) in [6, 6.07) is 11.9. The van der Waals surface area contributed by atoms with Crippen molar-refractivity contribution < 1.29 is 5.11 Å². The number of hydrogen-bond acceptors (Lipinski definition) is 2. The minimum absolute atomic E-state index is 0.00450. The Labute approximate surface area is 90.5 Å². The molecule has 2 heteroatoms. The van der Waals surface area contributed by atoms with E-state index in [1.165, 1.54) is 0 Å². The number of benzene rings is 1. The highest BCUT2D eigenvalue weighted by Crippen LogP contribution is 2.11. The van der Waals surface area contributed by atoms with Crippen LogP contribution in [-0.4, -0.2) is 11.2 Å². The average molecular weight is 201 g/mol. The molecule has 1 N–H and O–H groups in total. The van der Waals surface area contributed by atoms with Crippen LogP contribution in [0.25, 0.3) is 6.08 Å². The van der Waals surface area contributed by atoms with E-state index in [0.29, 0.717) is 0 Å². The maximum absolute atomic E-state index is 9.52. The molecule has 2 nitrogen and oxygen atoms in total. The molecule has 0 unspecified atom stereocenters. The molecule has 0 spiro atoms. The fourth-order valence-electron chi connectivity index (χ4n) is 1.23. The van der Waals surface area contributed by atoms with Crippen molar-refractivity contribution in [1.82, 2.24) is 0 Å². The molecule has 2 atom stereocenters. The van der Waals surface area contributed by atoms with E-state index in [0.717, 1.165) is 5.56 Å². The number of nitriles is 1. The zero-order valence-corrected chi connectivity index (χ0v) is 8.80. The number of aliphatic hydroxyl groups is 1. The van der Waals surface area contributed by atoms with E-state index in [2.05, 4.69) is 0 Å². The lowest BCUT2D eigenvalue weighted by molar-refractivity contribution is 0.143. The Morgan fingerprint density at radius 1 is 1.40 bits per heavy atom. The molecule has 1 rings (SSSR count). The molecule has 0 fully saturated rings. The maximum Gasteiger partial charge on any atom is 0.0730 e. The van der Waals surface area contributed by atoms with Gasteiger partial charge < -0.3 is 5.11 Å². The Balaban J connectivity index is 2.55. The van der Waals surface area contributed by atoms with Gasteiger partial charge in [-0.05, 0) is 5.56 Å². The van der Waals surface area contributed by atoms with E-state index in [1.54, 1.807) is 0 Å². The summed E-state index contributed by atoms with van der Waals surface area (Å²) in [6.07, 6.45) is 3.50. The highest BCUT2D eigenvalue weighted by molar-refractivity contribution is 5.48. The van der Waals surface area contributed by atoms with Crippen LogP contribution >= 0.6 is 0 Å². The third kappa shape index (κ3) is 3.97. The minimum Gasteiger partial charge on any atom is -0.391 e. The first kappa shape index (κ1) is 11.5. The largest absolute Gasteiger partial charge is 0.391 e. The smallest absolute Gasteiger partial charge is 0.0730 e. The van der Waals surface area contributed by atoms with Gasteiger partial charge in [0, 0.05) is 5.92 Å². The molecule has 0 aliphatic carbocycles. The number of aliphatic hydroxyl groups excluding tert-OH is 1. The number of hydrogen-bond donors (Lipinski definition) is 1. The molecular formula is C13H15NO. The molecule has 1 aromatic carbocycles. The zero-order chi connectivity index (χ0) is 11.1. The second-order valence-electron chi connectivity index (χ2n) is 3.56. The molecule has 15 heavy (non-hydrogen) atoms. The zero-order valence-electron chi connectivity index (χ0n) is 8.80. The van der Waals surface area contributed by atoms with Gasteiger partial charge >= 0.3 is 0 Å². The van der Waals surface area contributed by atoms with Crippen molar-refractivity contribution >= 4 is 6.08 Å². The lowest BCUT2D eigenvalue weighted by Crippen LogP contribution is -2.14. The first-order valence-electron chi connectivity index (χ1n) is 5.02. The van der Waals surface area contributed by atoms with E-state index >= 15 is 0 Å². The van der Waals surface area contributed by atoms with Crippen LogP contribution in [0.5, 0.6) is 0 Å². The number of nitrogens with zero attached hydrogens (tertiary/aromatic N) is 1. The van der Waals surface area contributed by atoms with Crippen molar-refractivity contribution in [3.63, 3.8) is 0 Å². The summed E-state index contributed by atoms with van der Waals surface area (Å²) >= 11 is 0. The predicted molar refractivity (Wildman–Crippen MR) is 60.9 cm³/mol. The SMILES string of the molecule is C[C@H](/C=C/c1ccccc1)[C@@H](O)CC#N. The van der Waals surface area contributed by atoms with Crippen molar-refractivity contribution in [2.24, 2.45) is 5.92 Å². The van der Waals surface area contributed by atoms with Crippen LogP contribution in [0.1, 0.15) is 18.9 Å². The van der Waals surface area contributed by atoms with Gasteiger partial charge in [0.2, 0.25) is 0 Å². The topological polar surface area (TPSA) is 44.0 Å². The van der Waals surface area contributed by atoms with Gasteiger partial charge in [-0.3, -0.25) is 0 Å². The Morgan fingerprint density at radius 3 is 2.67 bits per heavy atom. The molecule has 0 amide bonds. The normalized spacial score (nSPS) is 14.7. The van der Waals surface area contributed by atoms with Crippen LogP contribution in [0.3, 0.4) is 0 Å². The quantitative estimate of drug-likeness (QED) is 0.813. The molecule has 0 saturated carbocycles. The lowest BCUT2D eigenvalue weighted by atomic mass is 10.0. The lowest BCUT2D eigenvalue weighted by Gasteiger charge is -2.11. The summed E-state index contributed by atoms with van der Waals surface area (Å²) in [5, 5.41) is 18.0. The summed E-state index contributed by atoms with van der Waals surface area (Å²) in [5.74, 6) is 0.00450. The highest BCUT2D eigenvalue weighted by atomic mass is 16.3. The molecule has 78 valence electrons. The summed E-state index contributed by atoms with van der Waals surface area (Å²) in [7, 11) is 0. The van der Waals surface area contributed by atoms with E-state index in [9.17, 15) is 5.11 Å². The Bertz CT molecular complexity index is 351. The predicted octanol–water partition coefficient (Wildman–Crippen LogP) is 2.61. The summed E-state index contributed by atoms with van der Waals surface area (Å²) in [5.41, 5.74) is 1.11. The minimum atomic E-state index is -0.574. The fraction of sp³-hybridized carbons (Fsp3) is 0.308. The average Bonchev–Trinajstić information content (AvgIpc) is 2.27. The molecule has 1 aromatic rings. The van der Waals surface area contributed by atoms with Crippen molar-refractivity contribution in [3.8, 4) is 6.07 Å². The van der Waals surface area contributed by atoms with Gasteiger partial charge in [0.25, 0.3) is 0 Å². The Hall–Kier alpha value is -1.59.